The van der Waals surface area contributed by atoms with Crippen LogP contribution in [0.4, 0.5) is 17.1 Å². The topological polar surface area (TPSA) is 16.4 Å². The molecule has 0 aliphatic carbocycles. The first-order valence-corrected chi connectivity index (χ1v) is 21.5. The van der Waals surface area contributed by atoms with Gasteiger partial charge in [0.05, 0.1) is 5.69 Å². The maximum Gasteiger partial charge on any atom is 0.136 e. The molecule has 0 unspecified atom stereocenters. The molecule has 2 aromatic heterocycles. The fourth-order valence-electron chi connectivity index (χ4n) is 9.09. The molecule has 0 spiro atoms. The van der Waals surface area contributed by atoms with Crippen LogP contribution in [0.2, 0.25) is 0 Å². The van der Waals surface area contributed by atoms with Crippen molar-refractivity contribution in [1.29, 1.82) is 0 Å². The zero-order chi connectivity index (χ0) is 40.3. The average Bonchev–Trinajstić information content (AvgIpc) is 3.90. The Morgan fingerprint density at radius 1 is 0.328 bits per heavy atom. The van der Waals surface area contributed by atoms with Crippen molar-refractivity contribution in [2.75, 3.05) is 4.90 Å². The van der Waals surface area contributed by atoms with Crippen LogP contribution in [0.5, 0.6) is 0 Å². The van der Waals surface area contributed by atoms with Gasteiger partial charge in [0.25, 0.3) is 0 Å². The summed E-state index contributed by atoms with van der Waals surface area (Å²) in [6.45, 7) is 0. The van der Waals surface area contributed by atoms with Crippen LogP contribution in [0.1, 0.15) is 0 Å². The van der Waals surface area contributed by atoms with Gasteiger partial charge in [-0.1, -0.05) is 158 Å². The Hall–Kier alpha value is -7.72. The van der Waals surface area contributed by atoms with E-state index in [9.17, 15) is 0 Å². The molecule has 2 nitrogen and oxygen atoms in total. The Balaban J connectivity index is 1.01. The molecule has 0 bridgehead atoms. The third-order valence-corrected chi connectivity index (χ3v) is 13.3. The first kappa shape index (κ1) is 35.2. The van der Waals surface area contributed by atoms with E-state index in [1.54, 1.807) is 0 Å². The molecule has 2 heterocycles. The number of rotatable bonds is 7. The van der Waals surface area contributed by atoms with E-state index in [-0.39, 0.29) is 0 Å². The van der Waals surface area contributed by atoms with Gasteiger partial charge in [-0.25, -0.2) is 0 Å². The van der Waals surface area contributed by atoms with Crippen molar-refractivity contribution in [3.8, 4) is 44.5 Å². The van der Waals surface area contributed by atoms with E-state index in [1.165, 1.54) is 53.2 Å². The van der Waals surface area contributed by atoms with Crippen molar-refractivity contribution in [3.63, 3.8) is 0 Å². The minimum absolute atomic E-state index is 0.881. The van der Waals surface area contributed by atoms with Crippen molar-refractivity contribution < 1.29 is 4.42 Å². The maximum absolute atomic E-state index is 6.41. The smallest absolute Gasteiger partial charge is 0.136 e. The molecule has 61 heavy (non-hydrogen) atoms. The molecule has 0 aliphatic heterocycles. The van der Waals surface area contributed by atoms with Gasteiger partial charge >= 0.3 is 0 Å². The molecule has 3 heteroatoms. The molecule has 0 amide bonds. The highest BCUT2D eigenvalue weighted by atomic mass is 32.1. The molecule has 0 saturated heterocycles. The van der Waals surface area contributed by atoms with Crippen LogP contribution in [-0.4, -0.2) is 0 Å². The predicted octanol–water partition coefficient (Wildman–Crippen LogP) is 17.2. The number of fused-ring (bicyclic) bond motifs is 7. The highest BCUT2D eigenvalue weighted by molar-refractivity contribution is 7.26. The van der Waals surface area contributed by atoms with Gasteiger partial charge in [0.15, 0.2) is 0 Å². The molecule has 12 aromatic rings. The normalized spacial score (nSPS) is 11.6. The number of benzene rings is 10. The van der Waals surface area contributed by atoms with Gasteiger partial charge in [0.1, 0.15) is 11.2 Å². The molecular formula is C58H37NOS. The molecule has 0 N–H and O–H groups in total. The molecule has 0 saturated carbocycles. The van der Waals surface area contributed by atoms with Gasteiger partial charge in [0, 0.05) is 47.9 Å². The second-order valence-corrected chi connectivity index (χ2v) is 16.7. The number of anilines is 3. The largest absolute Gasteiger partial charge is 0.456 e. The minimum atomic E-state index is 0.881. The summed E-state index contributed by atoms with van der Waals surface area (Å²) in [5, 5.41) is 7.34. The zero-order valence-corrected chi connectivity index (χ0v) is 33.9. The lowest BCUT2D eigenvalue weighted by Crippen LogP contribution is -2.11. The monoisotopic (exact) mass is 795 g/mol. The van der Waals surface area contributed by atoms with E-state index in [0.717, 1.165) is 61.3 Å². The van der Waals surface area contributed by atoms with E-state index in [2.05, 4.69) is 217 Å². The lowest BCUT2D eigenvalue weighted by atomic mass is 9.96. The van der Waals surface area contributed by atoms with Crippen molar-refractivity contribution in [2.45, 2.75) is 0 Å². The van der Waals surface area contributed by atoms with Gasteiger partial charge in [-0.2, -0.15) is 0 Å². The number of hydrogen-bond acceptors (Lipinski definition) is 3. The molecule has 10 aromatic carbocycles. The summed E-state index contributed by atoms with van der Waals surface area (Å²) in [6, 6.07) is 81.3. The number of para-hydroxylation sites is 2. The maximum atomic E-state index is 6.41. The highest BCUT2D eigenvalue weighted by Crippen LogP contribution is 2.45. The van der Waals surface area contributed by atoms with E-state index in [4.69, 9.17) is 4.42 Å². The average molecular weight is 796 g/mol. The van der Waals surface area contributed by atoms with Crippen molar-refractivity contribution in [2.24, 2.45) is 0 Å². The lowest BCUT2D eigenvalue weighted by molar-refractivity contribution is 0.669. The summed E-state index contributed by atoms with van der Waals surface area (Å²) in [4.78, 5) is 2.41. The first-order valence-electron chi connectivity index (χ1n) is 20.7. The molecular weight excluding hydrogens is 759 g/mol. The van der Waals surface area contributed by atoms with Crippen LogP contribution >= 0.6 is 11.3 Å². The van der Waals surface area contributed by atoms with Crippen LogP contribution < -0.4 is 4.90 Å². The predicted molar refractivity (Wildman–Crippen MR) is 261 cm³/mol. The van der Waals surface area contributed by atoms with Gasteiger partial charge in [0.2, 0.25) is 0 Å². The van der Waals surface area contributed by atoms with Crippen LogP contribution in [0.25, 0.3) is 97.4 Å². The Morgan fingerprint density at radius 2 is 0.902 bits per heavy atom. The summed E-state index contributed by atoms with van der Waals surface area (Å²) in [6.07, 6.45) is 0. The van der Waals surface area contributed by atoms with Gasteiger partial charge in [-0.05, 0) is 116 Å². The Labute approximate surface area is 357 Å². The number of hydrogen-bond donors (Lipinski definition) is 0. The first-order chi connectivity index (χ1) is 30.2. The summed E-state index contributed by atoms with van der Waals surface area (Å²) in [7, 11) is 0. The van der Waals surface area contributed by atoms with Crippen LogP contribution in [0.3, 0.4) is 0 Å². The van der Waals surface area contributed by atoms with Crippen molar-refractivity contribution in [3.05, 3.63) is 224 Å². The number of nitrogens with zero attached hydrogens (tertiary/aromatic N) is 1. The summed E-state index contributed by atoms with van der Waals surface area (Å²) >= 11 is 1.87. The quantitative estimate of drug-likeness (QED) is 0.160. The van der Waals surface area contributed by atoms with Gasteiger partial charge in [-0.3, -0.25) is 0 Å². The summed E-state index contributed by atoms with van der Waals surface area (Å²) < 4.78 is 9.05. The van der Waals surface area contributed by atoms with Gasteiger partial charge < -0.3 is 9.32 Å². The lowest BCUT2D eigenvalue weighted by Gasteiger charge is -2.29. The minimum Gasteiger partial charge on any atom is -0.456 e. The SMILES string of the molecule is c1cc(-c2cccc(N(c3cccc(-c4ccc5ccccc5c4)c3)c3ccccc3-c3ccc4c(c3)oc3ccccc34)c2)cc(-c2cccc3c2sc2ccccc23)c1. The van der Waals surface area contributed by atoms with E-state index >= 15 is 0 Å². The van der Waals surface area contributed by atoms with Gasteiger partial charge in [-0.15, -0.1) is 11.3 Å². The molecule has 12 rings (SSSR count). The fourth-order valence-corrected chi connectivity index (χ4v) is 10.3. The Bertz CT molecular complexity index is 3630. The van der Waals surface area contributed by atoms with Crippen LogP contribution in [0, 0.1) is 0 Å². The third kappa shape index (κ3) is 6.18. The fraction of sp³-hybridized carbons (Fsp3) is 0. The van der Waals surface area contributed by atoms with E-state index < -0.39 is 0 Å². The van der Waals surface area contributed by atoms with Crippen molar-refractivity contribution >= 4 is 81.3 Å². The molecule has 0 fully saturated rings. The standard InChI is InChI=1S/C58H37NOS/c1-2-14-39-33-43(30-29-38(39)13-1)42-17-11-20-47(36-42)59(54-26-6-3-21-48(54)45-31-32-51-50-22-4-7-27-55(50)60-56(51)37-45)46-19-10-16-41(35-46)40-15-9-18-44(34-40)49-24-12-25-53-52-23-5-8-28-57(52)61-58(49)53/h1-37H. The Morgan fingerprint density at radius 3 is 1.75 bits per heavy atom. The second kappa shape index (κ2) is 14.5. The number of furan rings is 1. The molecule has 0 aliphatic rings. The van der Waals surface area contributed by atoms with E-state index in [1.807, 2.05) is 23.5 Å². The van der Waals surface area contributed by atoms with Crippen LogP contribution in [0.15, 0.2) is 229 Å². The molecule has 0 atom stereocenters. The number of thiophene rings is 1. The Kier molecular flexibility index (Phi) is 8.39. The van der Waals surface area contributed by atoms with Crippen LogP contribution in [-0.2, 0) is 0 Å². The summed E-state index contributed by atoms with van der Waals surface area (Å²) in [5.74, 6) is 0. The highest BCUT2D eigenvalue weighted by Gasteiger charge is 2.20. The zero-order valence-electron chi connectivity index (χ0n) is 33.1. The summed E-state index contributed by atoms with van der Waals surface area (Å²) in [5.41, 5.74) is 14.4. The second-order valence-electron chi connectivity index (χ2n) is 15.7. The molecule has 286 valence electrons. The third-order valence-electron chi connectivity index (χ3n) is 12.0. The molecule has 0 radical (unpaired) electrons. The van der Waals surface area contributed by atoms with E-state index in [0.29, 0.717) is 0 Å². The van der Waals surface area contributed by atoms with Crippen molar-refractivity contribution in [1.82, 2.24) is 0 Å².